The van der Waals surface area contributed by atoms with Crippen molar-refractivity contribution in [3.8, 4) is 0 Å². The Labute approximate surface area is 129 Å². The predicted octanol–water partition coefficient (Wildman–Crippen LogP) is 0.801. The molecule has 1 atom stereocenters. The van der Waals surface area contributed by atoms with Crippen LogP contribution in [-0.2, 0) is 4.79 Å². The molecule has 6 heteroatoms. The monoisotopic (exact) mass is 303 g/mol. The number of nitrogens with two attached hydrogens (primary N) is 1. The van der Waals surface area contributed by atoms with Crippen molar-refractivity contribution in [3.05, 3.63) is 29.6 Å². The Hall–Kier alpha value is -1.95. The Morgan fingerprint density at radius 3 is 2.91 bits per heavy atom. The Kier molecular flexibility index (Phi) is 3.87. The van der Waals surface area contributed by atoms with Gasteiger partial charge in [0.1, 0.15) is 0 Å². The lowest BCUT2D eigenvalue weighted by Crippen LogP contribution is -2.51. The van der Waals surface area contributed by atoms with Gasteiger partial charge in [0.2, 0.25) is 5.91 Å². The van der Waals surface area contributed by atoms with E-state index in [-0.39, 0.29) is 18.9 Å². The van der Waals surface area contributed by atoms with Crippen LogP contribution in [0.2, 0.25) is 0 Å². The molecule has 6 nitrogen and oxygen atoms in total. The molecule has 0 bridgehead atoms. The molecule has 2 fully saturated rings. The third-order valence-electron chi connectivity index (χ3n) is 4.37. The average molecular weight is 303 g/mol. The van der Waals surface area contributed by atoms with E-state index in [1.807, 2.05) is 6.07 Å². The highest BCUT2D eigenvalue weighted by molar-refractivity contribution is 5.94. The minimum Gasteiger partial charge on any atom is -0.388 e. The van der Waals surface area contributed by atoms with Crippen LogP contribution in [0, 0.1) is 0 Å². The van der Waals surface area contributed by atoms with Crippen molar-refractivity contribution in [1.82, 2.24) is 9.88 Å². The number of hydrogen-bond acceptors (Lipinski definition) is 4. The number of aromatic nitrogens is 1. The van der Waals surface area contributed by atoms with Gasteiger partial charge in [0.25, 0.3) is 5.91 Å². The largest absolute Gasteiger partial charge is 0.388 e. The van der Waals surface area contributed by atoms with Gasteiger partial charge in [0, 0.05) is 29.9 Å². The maximum Gasteiger partial charge on any atom is 0.254 e. The van der Waals surface area contributed by atoms with Gasteiger partial charge in [0.05, 0.1) is 18.6 Å². The van der Waals surface area contributed by atoms with Crippen molar-refractivity contribution >= 4 is 11.8 Å². The van der Waals surface area contributed by atoms with Gasteiger partial charge in [-0.1, -0.05) is 0 Å². The fourth-order valence-electron chi connectivity index (χ4n) is 3.12. The lowest BCUT2D eigenvalue weighted by Gasteiger charge is -2.38. The molecule has 1 saturated carbocycles. The maximum absolute atomic E-state index is 12.6. The lowest BCUT2D eigenvalue weighted by atomic mass is 9.89. The van der Waals surface area contributed by atoms with E-state index >= 15 is 0 Å². The summed E-state index contributed by atoms with van der Waals surface area (Å²) in [7, 11) is 0. The highest BCUT2D eigenvalue weighted by Crippen LogP contribution is 2.39. The van der Waals surface area contributed by atoms with Crippen LogP contribution < -0.4 is 5.73 Å². The number of aliphatic hydroxyl groups is 1. The van der Waals surface area contributed by atoms with Crippen molar-refractivity contribution < 1.29 is 14.7 Å². The smallest absolute Gasteiger partial charge is 0.254 e. The average Bonchev–Trinajstić information content (AvgIpc) is 3.30. The summed E-state index contributed by atoms with van der Waals surface area (Å²) in [6.45, 7) is 0.733. The summed E-state index contributed by atoms with van der Waals surface area (Å²) in [5.74, 6) is -0.176. The van der Waals surface area contributed by atoms with Crippen LogP contribution in [0.15, 0.2) is 18.3 Å². The number of pyridine rings is 1. The summed E-state index contributed by atoms with van der Waals surface area (Å²) in [4.78, 5) is 29.7. The maximum atomic E-state index is 12.6. The molecule has 1 aromatic rings. The minimum absolute atomic E-state index is 0.111. The van der Waals surface area contributed by atoms with Gasteiger partial charge in [-0.2, -0.15) is 0 Å². The second kappa shape index (κ2) is 5.68. The molecule has 2 amide bonds. The number of rotatable bonds is 4. The van der Waals surface area contributed by atoms with Gasteiger partial charge in [-0.25, -0.2) is 0 Å². The fraction of sp³-hybridized carbons (Fsp3) is 0.562. The molecule has 22 heavy (non-hydrogen) atoms. The van der Waals surface area contributed by atoms with Crippen LogP contribution in [0.25, 0.3) is 0 Å². The fourth-order valence-corrected chi connectivity index (χ4v) is 3.12. The topological polar surface area (TPSA) is 96.5 Å². The van der Waals surface area contributed by atoms with E-state index < -0.39 is 11.5 Å². The van der Waals surface area contributed by atoms with Gasteiger partial charge in [-0.15, -0.1) is 0 Å². The number of amides is 2. The van der Waals surface area contributed by atoms with Crippen molar-refractivity contribution in [3.63, 3.8) is 0 Å². The van der Waals surface area contributed by atoms with Crippen LogP contribution in [0.4, 0.5) is 0 Å². The first-order valence-corrected chi connectivity index (χ1v) is 7.73. The van der Waals surface area contributed by atoms with Crippen molar-refractivity contribution in [2.45, 2.75) is 43.6 Å². The summed E-state index contributed by atoms with van der Waals surface area (Å²) >= 11 is 0. The highest BCUT2D eigenvalue weighted by atomic mass is 16.3. The van der Waals surface area contributed by atoms with E-state index in [1.54, 1.807) is 17.2 Å². The third kappa shape index (κ3) is 3.27. The molecule has 1 aliphatic carbocycles. The van der Waals surface area contributed by atoms with Crippen LogP contribution in [0.3, 0.4) is 0 Å². The van der Waals surface area contributed by atoms with Gasteiger partial charge in [-0.05, 0) is 37.8 Å². The van der Waals surface area contributed by atoms with E-state index in [1.165, 1.54) is 0 Å². The van der Waals surface area contributed by atoms with Gasteiger partial charge < -0.3 is 15.7 Å². The molecule has 0 aromatic carbocycles. The molecule has 3 N–H and O–H groups in total. The number of likely N-dealkylation sites (tertiary alicyclic amines) is 1. The molecule has 2 heterocycles. The van der Waals surface area contributed by atoms with E-state index in [2.05, 4.69) is 4.98 Å². The van der Waals surface area contributed by atoms with Crippen molar-refractivity contribution in [2.24, 2.45) is 5.73 Å². The SMILES string of the molecule is NC(=O)CC1(O)CCCN(C(=O)c2ccnc(C3CC3)c2)C1. The Bertz CT molecular complexity index is 600. The van der Waals surface area contributed by atoms with Gasteiger partial charge in [0.15, 0.2) is 0 Å². The van der Waals surface area contributed by atoms with Crippen LogP contribution >= 0.6 is 0 Å². The van der Waals surface area contributed by atoms with E-state index in [9.17, 15) is 14.7 Å². The third-order valence-corrected chi connectivity index (χ3v) is 4.37. The zero-order valence-corrected chi connectivity index (χ0v) is 12.5. The lowest BCUT2D eigenvalue weighted by molar-refractivity contribution is -0.125. The van der Waals surface area contributed by atoms with E-state index in [4.69, 9.17) is 5.73 Å². The van der Waals surface area contributed by atoms with Crippen molar-refractivity contribution in [1.29, 1.82) is 0 Å². The molecule has 1 aromatic heterocycles. The van der Waals surface area contributed by atoms with E-state index in [0.717, 1.165) is 18.5 Å². The molecule has 1 unspecified atom stereocenters. The number of nitrogens with zero attached hydrogens (tertiary/aromatic N) is 2. The molecule has 0 spiro atoms. The molecule has 0 radical (unpaired) electrons. The Morgan fingerprint density at radius 2 is 2.23 bits per heavy atom. The first-order chi connectivity index (χ1) is 10.5. The number of carbonyl (C=O) groups is 2. The van der Waals surface area contributed by atoms with Gasteiger partial charge in [-0.3, -0.25) is 14.6 Å². The van der Waals surface area contributed by atoms with Crippen LogP contribution in [0.1, 0.15) is 54.1 Å². The highest BCUT2D eigenvalue weighted by Gasteiger charge is 2.37. The summed E-state index contributed by atoms with van der Waals surface area (Å²) in [6, 6.07) is 3.55. The standard InChI is InChI=1S/C16H21N3O3/c17-14(20)9-16(22)5-1-7-19(10-16)15(21)12-4-6-18-13(8-12)11-2-3-11/h4,6,8,11,22H,1-3,5,7,9-10H2,(H2,17,20). The first kappa shape index (κ1) is 15.0. The second-order valence-electron chi connectivity index (χ2n) is 6.44. The second-order valence-corrected chi connectivity index (χ2v) is 6.44. The summed E-state index contributed by atoms with van der Waals surface area (Å²) in [6.07, 6.45) is 4.97. The summed E-state index contributed by atoms with van der Waals surface area (Å²) in [5.41, 5.74) is 5.55. The van der Waals surface area contributed by atoms with Crippen LogP contribution in [-0.4, -0.2) is 45.5 Å². The molecule has 118 valence electrons. The number of β-amino-alcohol motifs (C(OH)–C–C–N with tert-alkyl or cyclic N) is 1. The predicted molar refractivity (Wildman–Crippen MR) is 80.1 cm³/mol. The minimum atomic E-state index is -1.20. The molecule has 1 aliphatic heterocycles. The zero-order valence-electron chi connectivity index (χ0n) is 12.5. The Balaban J connectivity index is 1.73. The van der Waals surface area contributed by atoms with E-state index in [0.29, 0.717) is 30.9 Å². The Morgan fingerprint density at radius 1 is 1.45 bits per heavy atom. The van der Waals surface area contributed by atoms with Crippen LogP contribution in [0.5, 0.6) is 0 Å². The molecular weight excluding hydrogens is 282 g/mol. The molecule has 3 rings (SSSR count). The number of piperidine rings is 1. The first-order valence-electron chi connectivity index (χ1n) is 7.73. The molecule has 1 saturated heterocycles. The number of carbonyl (C=O) groups excluding carboxylic acids is 2. The molecular formula is C16H21N3O3. The number of hydrogen-bond donors (Lipinski definition) is 2. The number of primary amides is 1. The summed E-state index contributed by atoms with van der Waals surface area (Å²) < 4.78 is 0. The normalized spacial score (nSPS) is 25.0. The van der Waals surface area contributed by atoms with Crippen molar-refractivity contribution in [2.75, 3.05) is 13.1 Å². The summed E-state index contributed by atoms with van der Waals surface area (Å²) in [5, 5.41) is 10.5. The molecule has 2 aliphatic rings. The van der Waals surface area contributed by atoms with Gasteiger partial charge >= 0.3 is 0 Å². The zero-order chi connectivity index (χ0) is 15.7. The quantitative estimate of drug-likeness (QED) is 0.860.